The second-order valence-corrected chi connectivity index (χ2v) is 3.82. The van der Waals surface area contributed by atoms with E-state index in [1.807, 2.05) is 0 Å². The fourth-order valence-electron chi connectivity index (χ4n) is 1.81. The Balaban J connectivity index is -0.000000289. The molecular formula is C10H25N3O5. The largest absolute Gasteiger partial charge is 0.481 e. The summed E-state index contributed by atoms with van der Waals surface area (Å²) in [6.07, 6.45) is 2.52. The Bertz CT molecular complexity index is 256. The molecule has 1 saturated heterocycles. The van der Waals surface area contributed by atoms with E-state index in [0.29, 0.717) is 0 Å². The van der Waals surface area contributed by atoms with E-state index in [9.17, 15) is 0 Å². The van der Waals surface area contributed by atoms with Crippen LogP contribution in [0.3, 0.4) is 0 Å². The van der Waals surface area contributed by atoms with Crippen LogP contribution >= 0.6 is 0 Å². The quantitative estimate of drug-likeness (QED) is 0.539. The predicted octanol–water partition coefficient (Wildman–Crippen LogP) is -2.00. The molecule has 2 aliphatic heterocycles. The van der Waals surface area contributed by atoms with E-state index < -0.39 is 5.97 Å². The van der Waals surface area contributed by atoms with E-state index in [0.717, 1.165) is 13.5 Å². The monoisotopic (exact) mass is 267 g/mol. The molecule has 0 aromatic heterocycles. The number of carboxylic acids is 1. The molecule has 0 spiro atoms. The zero-order valence-electron chi connectivity index (χ0n) is 10.9. The second-order valence-electron chi connectivity index (χ2n) is 3.82. The first-order valence-corrected chi connectivity index (χ1v) is 5.31. The van der Waals surface area contributed by atoms with E-state index in [-0.39, 0.29) is 16.4 Å². The normalized spacial score (nSPS) is 16.4. The van der Waals surface area contributed by atoms with Crippen molar-refractivity contribution in [1.29, 1.82) is 0 Å². The van der Waals surface area contributed by atoms with Crippen molar-refractivity contribution in [3.05, 3.63) is 0 Å². The highest BCUT2D eigenvalue weighted by Crippen LogP contribution is 2.11. The van der Waals surface area contributed by atoms with Gasteiger partial charge in [0.2, 0.25) is 0 Å². The minimum absolute atomic E-state index is 0. The van der Waals surface area contributed by atoms with Gasteiger partial charge in [0.1, 0.15) is 0 Å². The Kier molecular flexibility index (Phi) is 13.1. The van der Waals surface area contributed by atoms with Crippen molar-refractivity contribution in [1.82, 2.24) is 9.80 Å². The second kappa shape index (κ2) is 10.8. The van der Waals surface area contributed by atoms with Crippen molar-refractivity contribution < 1.29 is 26.3 Å². The fourth-order valence-corrected chi connectivity index (χ4v) is 1.81. The van der Waals surface area contributed by atoms with Gasteiger partial charge in [0.25, 0.3) is 5.97 Å². The lowest BCUT2D eigenvalue weighted by Crippen LogP contribution is -2.50. The summed E-state index contributed by atoms with van der Waals surface area (Å²) in [6, 6.07) is 0. The van der Waals surface area contributed by atoms with Gasteiger partial charge < -0.3 is 31.3 Å². The number of aliphatic imine (C=N–C) groups is 1. The number of carboxylic acid groups (broad SMARTS) is 1. The summed E-state index contributed by atoms with van der Waals surface area (Å²) in [5.74, 6) is 0.391. The highest BCUT2D eigenvalue weighted by atomic mass is 16.4. The van der Waals surface area contributed by atoms with E-state index in [4.69, 9.17) is 9.90 Å². The van der Waals surface area contributed by atoms with Crippen LogP contribution in [0, 0.1) is 0 Å². The third-order valence-corrected chi connectivity index (χ3v) is 2.39. The molecule has 0 saturated carbocycles. The Labute approximate surface area is 107 Å². The molecule has 2 rings (SSSR count). The van der Waals surface area contributed by atoms with Crippen LogP contribution < -0.4 is 0 Å². The molecule has 0 aromatic rings. The Morgan fingerprint density at radius 3 is 2.17 bits per heavy atom. The molecule has 8 nitrogen and oxygen atoms in total. The molecule has 8 heteroatoms. The zero-order valence-corrected chi connectivity index (χ0v) is 10.9. The van der Waals surface area contributed by atoms with E-state index in [2.05, 4.69) is 21.8 Å². The minimum Gasteiger partial charge on any atom is -0.481 e. The van der Waals surface area contributed by atoms with Crippen LogP contribution in [0.4, 0.5) is 0 Å². The van der Waals surface area contributed by atoms with Gasteiger partial charge in [-0.3, -0.25) is 9.79 Å². The molecule has 18 heavy (non-hydrogen) atoms. The maximum Gasteiger partial charge on any atom is 0.300 e. The predicted molar refractivity (Wildman–Crippen MR) is 69.9 cm³/mol. The van der Waals surface area contributed by atoms with Crippen LogP contribution in [0.25, 0.3) is 0 Å². The van der Waals surface area contributed by atoms with Crippen molar-refractivity contribution in [2.75, 3.05) is 33.2 Å². The summed E-state index contributed by atoms with van der Waals surface area (Å²) in [5.41, 5.74) is 0. The summed E-state index contributed by atoms with van der Waals surface area (Å²) in [6.45, 7) is 5.71. The molecular weight excluding hydrogens is 242 g/mol. The van der Waals surface area contributed by atoms with E-state index >= 15 is 0 Å². The highest BCUT2D eigenvalue weighted by Gasteiger charge is 2.22. The van der Waals surface area contributed by atoms with Gasteiger partial charge in [-0.2, -0.15) is 0 Å². The molecule has 0 unspecified atom stereocenters. The first-order chi connectivity index (χ1) is 7.11. The molecule has 2 heterocycles. The minimum atomic E-state index is -0.833. The van der Waals surface area contributed by atoms with Gasteiger partial charge in [-0.15, -0.1) is 0 Å². The van der Waals surface area contributed by atoms with Crippen molar-refractivity contribution >= 4 is 11.9 Å². The number of carbonyl (C=O) groups is 1. The van der Waals surface area contributed by atoms with Gasteiger partial charge >= 0.3 is 0 Å². The van der Waals surface area contributed by atoms with Gasteiger partial charge in [-0.25, -0.2) is 0 Å². The number of hydrogen-bond acceptors (Lipinski definition) is 4. The molecule has 0 atom stereocenters. The van der Waals surface area contributed by atoms with Crippen LogP contribution in [0.1, 0.15) is 19.8 Å². The molecule has 0 bridgehead atoms. The number of aliphatic carboxylic acids is 1. The molecule has 2 aliphatic rings. The highest BCUT2D eigenvalue weighted by molar-refractivity contribution is 5.81. The first-order valence-electron chi connectivity index (χ1n) is 5.31. The summed E-state index contributed by atoms with van der Waals surface area (Å²) < 4.78 is 0. The van der Waals surface area contributed by atoms with Gasteiger partial charge in [-0.05, 0) is 12.8 Å². The van der Waals surface area contributed by atoms with Crippen molar-refractivity contribution in [3.8, 4) is 0 Å². The molecule has 7 N–H and O–H groups in total. The van der Waals surface area contributed by atoms with Crippen molar-refractivity contribution in [3.63, 3.8) is 0 Å². The number of guanidine groups is 1. The molecule has 110 valence electrons. The van der Waals surface area contributed by atoms with Gasteiger partial charge in [0.05, 0.1) is 0 Å². The summed E-state index contributed by atoms with van der Waals surface area (Å²) in [5, 5.41) is 7.42. The molecule has 0 aromatic carbocycles. The lowest BCUT2D eigenvalue weighted by molar-refractivity contribution is -0.134. The van der Waals surface area contributed by atoms with Crippen LogP contribution in [0.2, 0.25) is 0 Å². The SMILES string of the molecule is CC(=O)O.CN1CCCN2CCCN=C12.O.O.O. The van der Waals surface area contributed by atoms with Crippen molar-refractivity contribution in [2.24, 2.45) is 4.99 Å². The van der Waals surface area contributed by atoms with E-state index in [1.54, 1.807) is 0 Å². The molecule has 0 aliphatic carbocycles. The Morgan fingerprint density at radius 2 is 1.67 bits per heavy atom. The molecule has 0 radical (unpaired) electrons. The molecule has 1 fully saturated rings. The first kappa shape index (κ1) is 21.9. The van der Waals surface area contributed by atoms with Gasteiger partial charge in [0, 0.05) is 40.2 Å². The standard InChI is InChI=1S/C8H15N3.C2H4O2.3H2O/c1-10-5-3-7-11-6-2-4-9-8(10)11;1-2(3)4;;;/h2-7H2,1H3;1H3,(H,3,4);3*1H2. The van der Waals surface area contributed by atoms with Crippen LogP contribution in [-0.2, 0) is 4.79 Å². The maximum atomic E-state index is 9.00. The van der Waals surface area contributed by atoms with Crippen LogP contribution in [0.5, 0.6) is 0 Å². The van der Waals surface area contributed by atoms with Gasteiger partial charge in [0.15, 0.2) is 5.96 Å². The van der Waals surface area contributed by atoms with Crippen molar-refractivity contribution in [2.45, 2.75) is 19.8 Å². The van der Waals surface area contributed by atoms with Crippen LogP contribution in [0.15, 0.2) is 4.99 Å². The fraction of sp³-hybridized carbons (Fsp3) is 0.800. The average Bonchev–Trinajstić information content (AvgIpc) is 2.18. The smallest absolute Gasteiger partial charge is 0.300 e. The third kappa shape index (κ3) is 7.05. The number of fused-ring (bicyclic) bond motifs is 1. The molecule has 0 amide bonds. The summed E-state index contributed by atoms with van der Waals surface area (Å²) in [4.78, 5) is 18.2. The average molecular weight is 267 g/mol. The van der Waals surface area contributed by atoms with Gasteiger partial charge in [-0.1, -0.05) is 0 Å². The van der Waals surface area contributed by atoms with E-state index in [1.165, 1.54) is 38.4 Å². The lowest BCUT2D eigenvalue weighted by atomic mass is 10.2. The summed E-state index contributed by atoms with van der Waals surface area (Å²) in [7, 11) is 2.14. The lowest BCUT2D eigenvalue weighted by Gasteiger charge is -2.39. The Hall–Kier alpha value is -1.38. The maximum absolute atomic E-state index is 9.00. The summed E-state index contributed by atoms with van der Waals surface area (Å²) >= 11 is 0. The zero-order chi connectivity index (χ0) is 11.3. The van der Waals surface area contributed by atoms with Crippen LogP contribution in [-0.4, -0.2) is 76.5 Å². The number of hydrogen-bond donors (Lipinski definition) is 1. The number of nitrogens with zero attached hydrogens (tertiary/aromatic N) is 3. The third-order valence-electron chi connectivity index (χ3n) is 2.39. The topological polar surface area (TPSA) is 151 Å². The Morgan fingerprint density at radius 1 is 1.17 bits per heavy atom. The number of rotatable bonds is 0.